The van der Waals surface area contributed by atoms with Crippen LogP contribution in [0.4, 0.5) is 0 Å². The van der Waals surface area contributed by atoms with Crippen LogP contribution < -0.4 is 4.72 Å². The lowest BCUT2D eigenvalue weighted by Gasteiger charge is -2.34. The highest BCUT2D eigenvalue weighted by molar-refractivity contribution is 7.89. The van der Waals surface area contributed by atoms with Crippen LogP contribution in [0.1, 0.15) is 28.8 Å². The Morgan fingerprint density at radius 3 is 2.53 bits per heavy atom. The Morgan fingerprint density at radius 1 is 1.13 bits per heavy atom. The fourth-order valence-corrected chi connectivity index (χ4v) is 5.53. The summed E-state index contributed by atoms with van der Waals surface area (Å²) < 4.78 is 33.0. The van der Waals surface area contributed by atoms with E-state index in [1.165, 1.54) is 17.7 Å². The molecule has 2 aliphatic rings. The Bertz CT molecular complexity index is 931. The quantitative estimate of drug-likeness (QED) is 0.701. The number of ether oxygens (including phenoxy) is 1. The van der Waals surface area contributed by atoms with Crippen LogP contribution in [-0.2, 0) is 21.3 Å². The van der Waals surface area contributed by atoms with E-state index in [4.69, 9.17) is 4.74 Å². The molecule has 7 nitrogen and oxygen atoms in total. The summed E-state index contributed by atoms with van der Waals surface area (Å²) in [6, 6.07) is 8.32. The molecule has 2 fully saturated rings. The minimum Gasteiger partial charge on any atom is -0.377 e. The second kappa shape index (κ2) is 9.57. The van der Waals surface area contributed by atoms with Gasteiger partial charge < -0.3 is 9.64 Å². The molecule has 4 rings (SSSR count). The molecule has 0 saturated carbocycles. The molecule has 0 spiro atoms. The summed E-state index contributed by atoms with van der Waals surface area (Å²) >= 11 is 1.70. The van der Waals surface area contributed by atoms with E-state index in [1.807, 2.05) is 4.90 Å². The zero-order chi connectivity index (χ0) is 21.0. The van der Waals surface area contributed by atoms with Gasteiger partial charge in [-0.05, 0) is 59.5 Å². The van der Waals surface area contributed by atoms with E-state index in [0.717, 1.165) is 32.5 Å². The number of hydrogen-bond acceptors (Lipinski definition) is 6. The molecular weight excluding hydrogens is 422 g/mol. The van der Waals surface area contributed by atoms with E-state index >= 15 is 0 Å². The molecule has 2 saturated heterocycles. The van der Waals surface area contributed by atoms with Crippen LogP contribution in [0.2, 0.25) is 0 Å². The van der Waals surface area contributed by atoms with Gasteiger partial charge in [0.1, 0.15) is 0 Å². The number of nitrogens with zero attached hydrogens (tertiary/aromatic N) is 2. The van der Waals surface area contributed by atoms with Crippen molar-refractivity contribution in [3.05, 3.63) is 52.2 Å². The number of amides is 1. The Kier molecular flexibility index (Phi) is 6.84. The first-order valence-electron chi connectivity index (χ1n) is 10.3. The fraction of sp³-hybridized carbons (Fsp3) is 0.476. The van der Waals surface area contributed by atoms with Crippen LogP contribution in [-0.4, -0.2) is 69.6 Å². The molecule has 1 unspecified atom stereocenters. The molecule has 0 radical (unpaired) electrons. The standard InChI is InChI=1S/C21H27N3O4S2/c25-21(24-10-8-23(9-11-24)15-17-7-13-29-16-17)18-3-5-20(6-4-18)30(26,27)22-14-19-2-1-12-28-19/h3-7,13,16,19,22H,1-2,8-12,14-15H2. The maximum atomic E-state index is 12.8. The number of nitrogens with one attached hydrogen (secondary N) is 1. The van der Waals surface area contributed by atoms with Crippen molar-refractivity contribution in [3.63, 3.8) is 0 Å². The van der Waals surface area contributed by atoms with E-state index in [2.05, 4.69) is 26.4 Å². The van der Waals surface area contributed by atoms with Gasteiger partial charge in [0.25, 0.3) is 5.91 Å². The predicted molar refractivity (Wildman–Crippen MR) is 116 cm³/mol. The molecule has 1 atom stereocenters. The Labute approximate surface area is 181 Å². The average Bonchev–Trinajstić information content (AvgIpc) is 3.47. The Morgan fingerprint density at radius 2 is 1.90 bits per heavy atom. The lowest BCUT2D eigenvalue weighted by molar-refractivity contribution is 0.0628. The SMILES string of the molecule is O=C(c1ccc(S(=O)(=O)NCC2CCCO2)cc1)N1CCN(Cc2ccsc2)CC1. The second-order valence-electron chi connectivity index (χ2n) is 7.71. The number of benzene rings is 1. The minimum atomic E-state index is -3.61. The molecule has 2 aromatic rings. The molecule has 1 N–H and O–H groups in total. The summed E-state index contributed by atoms with van der Waals surface area (Å²) in [5.74, 6) is -0.0542. The first kappa shape index (κ1) is 21.5. The number of rotatable bonds is 7. The molecule has 2 aliphatic heterocycles. The molecule has 0 aliphatic carbocycles. The summed E-state index contributed by atoms with van der Waals surface area (Å²) in [6.07, 6.45) is 1.78. The molecular formula is C21H27N3O4S2. The molecule has 162 valence electrons. The predicted octanol–water partition coefficient (Wildman–Crippen LogP) is 2.16. The first-order valence-corrected chi connectivity index (χ1v) is 12.7. The van der Waals surface area contributed by atoms with Gasteiger partial charge in [-0.1, -0.05) is 0 Å². The fourth-order valence-electron chi connectivity index (χ4n) is 3.80. The molecule has 9 heteroatoms. The van der Waals surface area contributed by atoms with Crippen molar-refractivity contribution in [1.29, 1.82) is 0 Å². The summed E-state index contributed by atoms with van der Waals surface area (Å²) in [7, 11) is -3.61. The van der Waals surface area contributed by atoms with Crippen molar-refractivity contribution in [2.75, 3.05) is 39.3 Å². The van der Waals surface area contributed by atoms with E-state index < -0.39 is 10.0 Å². The summed E-state index contributed by atoms with van der Waals surface area (Å²) in [6.45, 7) is 4.89. The third kappa shape index (κ3) is 5.28. The van der Waals surface area contributed by atoms with Crippen molar-refractivity contribution < 1.29 is 17.9 Å². The topological polar surface area (TPSA) is 78.9 Å². The van der Waals surface area contributed by atoms with Crippen LogP contribution in [0.5, 0.6) is 0 Å². The van der Waals surface area contributed by atoms with Gasteiger partial charge in [0.05, 0.1) is 11.0 Å². The molecule has 1 aromatic carbocycles. The number of carbonyl (C=O) groups excluding carboxylic acids is 1. The highest BCUT2D eigenvalue weighted by Crippen LogP contribution is 2.16. The van der Waals surface area contributed by atoms with Crippen LogP contribution in [0.25, 0.3) is 0 Å². The molecule has 0 bridgehead atoms. The smallest absolute Gasteiger partial charge is 0.253 e. The van der Waals surface area contributed by atoms with Crippen LogP contribution in [0, 0.1) is 0 Å². The third-order valence-corrected chi connectivity index (χ3v) is 7.75. The van der Waals surface area contributed by atoms with Crippen LogP contribution >= 0.6 is 11.3 Å². The summed E-state index contributed by atoms with van der Waals surface area (Å²) in [5.41, 5.74) is 1.82. The number of piperazine rings is 1. The average molecular weight is 450 g/mol. The Hall–Kier alpha value is -1.78. The van der Waals surface area contributed by atoms with Crippen molar-refractivity contribution in [2.45, 2.75) is 30.4 Å². The Balaban J connectivity index is 1.30. The number of hydrogen-bond donors (Lipinski definition) is 1. The lowest BCUT2D eigenvalue weighted by atomic mass is 10.2. The van der Waals surface area contributed by atoms with Gasteiger partial charge in [-0.3, -0.25) is 9.69 Å². The van der Waals surface area contributed by atoms with E-state index in [9.17, 15) is 13.2 Å². The van der Waals surface area contributed by atoms with Crippen molar-refractivity contribution >= 4 is 27.3 Å². The van der Waals surface area contributed by atoms with Gasteiger partial charge in [-0.2, -0.15) is 11.3 Å². The highest BCUT2D eigenvalue weighted by Gasteiger charge is 2.24. The van der Waals surface area contributed by atoms with Gasteiger partial charge in [0, 0.05) is 51.4 Å². The van der Waals surface area contributed by atoms with E-state index in [1.54, 1.807) is 23.5 Å². The maximum absolute atomic E-state index is 12.8. The lowest BCUT2D eigenvalue weighted by Crippen LogP contribution is -2.48. The monoisotopic (exact) mass is 449 g/mol. The second-order valence-corrected chi connectivity index (χ2v) is 10.3. The zero-order valence-corrected chi connectivity index (χ0v) is 18.5. The first-order chi connectivity index (χ1) is 14.5. The largest absolute Gasteiger partial charge is 0.377 e. The number of carbonyl (C=O) groups is 1. The van der Waals surface area contributed by atoms with Gasteiger partial charge in [-0.15, -0.1) is 0 Å². The number of sulfonamides is 1. The zero-order valence-electron chi connectivity index (χ0n) is 16.8. The van der Waals surface area contributed by atoms with Crippen LogP contribution in [0.15, 0.2) is 46.0 Å². The van der Waals surface area contributed by atoms with Gasteiger partial charge >= 0.3 is 0 Å². The van der Waals surface area contributed by atoms with E-state index in [-0.39, 0.29) is 23.5 Å². The maximum Gasteiger partial charge on any atom is 0.253 e. The van der Waals surface area contributed by atoms with Crippen molar-refractivity contribution in [2.24, 2.45) is 0 Å². The van der Waals surface area contributed by atoms with E-state index in [0.29, 0.717) is 25.3 Å². The molecule has 1 aromatic heterocycles. The minimum absolute atomic E-state index is 0.0542. The van der Waals surface area contributed by atoms with Crippen molar-refractivity contribution in [3.8, 4) is 0 Å². The normalized spacial score (nSPS) is 20.5. The van der Waals surface area contributed by atoms with Crippen molar-refractivity contribution in [1.82, 2.24) is 14.5 Å². The molecule has 3 heterocycles. The van der Waals surface area contributed by atoms with Gasteiger partial charge in [-0.25, -0.2) is 13.1 Å². The summed E-state index contributed by atoms with van der Waals surface area (Å²) in [5, 5.41) is 4.24. The third-order valence-electron chi connectivity index (χ3n) is 5.58. The van der Waals surface area contributed by atoms with Crippen LogP contribution in [0.3, 0.4) is 0 Å². The number of thiophene rings is 1. The van der Waals surface area contributed by atoms with Gasteiger partial charge in [0.15, 0.2) is 0 Å². The van der Waals surface area contributed by atoms with Gasteiger partial charge in [0.2, 0.25) is 10.0 Å². The molecule has 30 heavy (non-hydrogen) atoms. The molecule has 1 amide bonds. The highest BCUT2D eigenvalue weighted by atomic mass is 32.2. The summed E-state index contributed by atoms with van der Waals surface area (Å²) in [4.78, 5) is 17.2.